The van der Waals surface area contributed by atoms with E-state index in [0.717, 1.165) is 29.7 Å². The highest BCUT2D eigenvalue weighted by Crippen LogP contribution is 2.26. The van der Waals surface area contributed by atoms with Gasteiger partial charge in [0.1, 0.15) is 0 Å². The van der Waals surface area contributed by atoms with Crippen molar-refractivity contribution in [1.29, 1.82) is 0 Å². The van der Waals surface area contributed by atoms with Crippen LogP contribution < -0.4 is 16.0 Å². The third-order valence-electron chi connectivity index (χ3n) is 3.19. The topological polar surface area (TPSA) is 58.4 Å². The molecular weight excluding hydrogens is 282 g/mol. The molecule has 0 aromatic heterocycles. The molecule has 1 unspecified atom stereocenters. The minimum absolute atomic E-state index is 0.384. The van der Waals surface area contributed by atoms with Crippen LogP contribution in [0, 0.1) is 0 Å². The van der Waals surface area contributed by atoms with E-state index >= 15 is 0 Å². The largest absolute Gasteiger partial charge is 0.370 e. The first-order valence-electron chi connectivity index (χ1n) is 5.62. The standard InChI is InChI=1S/C12H16BrN3O/c1-16(9-4-5-15-7-9)11-6-8(13)2-3-10(11)12(14)17/h2-3,6,9,15H,4-5,7H2,1H3,(H2,14,17). The molecule has 0 spiro atoms. The Hall–Kier alpha value is -1.07. The van der Waals surface area contributed by atoms with Crippen molar-refractivity contribution in [2.24, 2.45) is 5.73 Å². The molecule has 17 heavy (non-hydrogen) atoms. The number of nitrogens with two attached hydrogens (primary N) is 1. The fraction of sp³-hybridized carbons (Fsp3) is 0.417. The van der Waals surface area contributed by atoms with Gasteiger partial charge < -0.3 is 16.0 Å². The second-order valence-corrected chi connectivity index (χ2v) is 5.20. The van der Waals surface area contributed by atoms with E-state index in [0.29, 0.717) is 11.6 Å². The Labute approximate surface area is 109 Å². The minimum Gasteiger partial charge on any atom is -0.370 e. The van der Waals surface area contributed by atoms with Crippen molar-refractivity contribution < 1.29 is 4.79 Å². The smallest absolute Gasteiger partial charge is 0.250 e. The third kappa shape index (κ3) is 2.61. The number of rotatable bonds is 3. The number of nitrogens with zero attached hydrogens (tertiary/aromatic N) is 1. The lowest BCUT2D eigenvalue weighted by Gasteiger charge is -2.27. The van der Waals surface area contributed by atoms with Gasteiger partial charge in [-0.05, 0) is 31.2 Å². The third-order valence-corrected chi connectivity index (χ3v) is 3.68. The molecule has 1 saturated heterocycles. The lowest BCUT2D eigenvalue weighted by atomic mass is 10.1. The van der Waals surface area contributed by atoms with Gasteiger partial charge in [-0.2, -0.15) is 0 Å². The number of anilines is 1. The number of nitrogens with one attached hydrogen (secondary N) is 1. The van der Waals surface area contributed by atoms with E-state index < -0.39 is 0 Å². The molecule has 1 heterocycles. The molecule has 1 amide bonds. The lowest BCUT2D eigenvalue weighted by molar-refractivity contribution is 0.100. The molecule has 4 nitrogen and oxygen atoms in total. The quantitative estimate of drug-likeness (QED) is 0.885. The number of benzene rings is 1. The van der Waals surface area contributed by atoms with Gasteiger partial charge in [0.05, 0.1) is 11.3 Å². The molecule has 1 fully saturated rings. The molecule has 1 aliphatic rings. The van der Waals surface area contributed by atoms with Gasteiger partial charge in [0.25, 0.3) is 5.91 Å². The fourth-order valence-corrected chi connectivity index (χ4v) is 2.52. The SMILES string of the molecule is CN(c1cc(Br)ccc1C(N)=O)C1CCNC1. The molecule has 1 aliphatic heterocycles. The molecule has 0 saturated carbocycles. The number of carbonyl (C=O) groups is 1. The average molecular weight is 298 g/mol. The number of primary amides is 1. The van der Waals surface area contributed by atoms with E-state index in [1.165, 1.54) is 0 Å². The van der Waals surface area contributed by atoms with Crippen molar-refractivity contribution in [2.45, 2.75) is 12.5 Å². The zero-order valence-corrected chi connectivity index (χ0v) is 11.3. The second-order valence-electron chi connectivity index (χ2n) is 4.28. The molecule has 92 valence electrons. The molecular formula is C12H16BrN3O. The Morgan fingerprint density at radius 2 is 2.35 bits per heavy atom. The molecule has 0 bridgehead atoms. The van der Waals surface area contributed by atoms with Gasteiger partial charge in [0.15, 0.2) is 0 Å². The molecule has 1 aromatic carbocycles. The van der Waals surface area contributed by atoms with Crippen molar-refractivity contribution in [3.05, 3.63) is 28.2 Å². The van der Waals surface area contributed by atoms with Gasteiger partial charge in [-0.25, -0.2) is 0 Å². The van der Waals surface area contributed by atoms with Crippen molar-refractivity contribution >= 4 is 27.5 Å². The molecule has 0 radical (unpaired) electrons. The van der Waals surface area contributed by atoms with Crippen LogP contribution in [0.15, 0.2) is 22.7 Å². The summed E-state index contributed by atoms with van der Waals surface area (Å²) in [4.78, 5) is 13.5. The van der Waals surface area contributed by atoms with E-state index in [-0.39, 0.29) is 5.91 Å². The number of hydrogen-bond acceptors (Lipinski definition) is 3. The maximum atomic E-state index is 11.4. The number of amides is 1. The van der Waals surface area contributed by atoms with Crippen LogP contribution >= 0.6 is 15.9 Å². The second kappa shape index (κ2) is 5.06. The van der Waals surface area contributed by atoms with Crippen LogP contribution in [0.25, 0.3) is 0 Å². The first-order valence-corrected chi connectivity index (χ1v) is 6.42. The summed E-state index contributed by atoms with van der Waals surface area (Å²) in [5.41, 5.74) is 6.87. The van der Waals surface area contributed by atoms with Crippen molar-refractivity contribution in [1.82, 2.24) is 5.32 Å². The van der Waals surface area contributed by atoms with Crippen molar-refractivity contribution in [3.63, 3.8) is 0 Å². The van der Waals surface area contributed by atoms with E-state index in [2.05, 4.69) is 26.1 Å². The van der Waals surface area contributed by atoms with Gasteiger partial charge in [-0.15, -0.1) is 0 Å². The Balaban J connectivity index is 2.34. The summed E-state index contributed by atoms with van der Waals surface area (Å²) >= 11 is 3.43. The van der Waals surface area contributed by atoms with Crippen LogP contribution in [-0.4, -0.2) is 32.1 Å². The molecule has 3 N–H and O–H groups in total. The Morgan fingerprint density at radius 3 is 2.94 bits per heavy atom. The van der Waals surface area contributed by atoms with Crippen LogP contribution in [0.5, 0.6) is 0 Å². The Kier molecular flexibility index (Phi) is 3.69. The summed E-state index contributed by atoms with van der Waals surface area (Å²) in [6.45, 7) is 1.97. The minimum atomic E-state index is -0.384. The van der Waals surface area contributed by atoms with Crippen molar-refractivity contribution in [2.75, 3.05) is 25.0 Å². The summed E-state index contributed by atoms with van der Waals surface area (Å²) < 4.78 is 0.954. The normalized spacial score (nSPS) is 19.3. The molecule has 1 atom stereocenters. The first kappa shape index (κ1) is 12.4. The van der Waals surface area contributed by atoms with E-state index in [1.54, 1.807) is 6.07 Å². The van der Waals surface area contributed by atoms with Crippen LogP contribution in [0.3, 0.4) is 0 Å². The Bertz CT molecular complexity index is 430. The molecule has 5 heteroatoms. The molecule has 2 rings (SSSR count). The summed E-state index contributed by atoms with van der Waals surface area (Å²) in [7, 11) is 2.01. The monoisotopic (exact) mass is 297 g/mol. The summed E-state index contributed by atoms with van der Waals surface area (Å²) in [6, 6.07) is 5.96. The first-order chi connectivity index (χ1) is 8.09. The summed E-state index contributed by atoms with van der Waals surface area (Å²) in [5.74, 6) is -0.384. The summed E-state index contributed by atoms with van der Waals surface area (Å²) in [6.07, 6.45) is 1.08. The maximum absolute atomic E-state index is 11.4. The summed E-state index contributed by atoms with van der Waals surface area (Å²) in [5, 5.41) is 3.32. The lowest BCUT2D eigenvalue weighted by Crippen LogP contribution is -2.34. The van der Waals surface area contributed by atoms with Gasteiger partial charge in [-0.1, -0.05) is 15.9 Å². The van der Waals surface area contributed by atoms with E-state index in [4.69, 9.17) is 5.73 Å². The van der Waals surface area contributed by atoms with Crippen LogP contribution in [0.1, 0.15) is 16.8 Å². The molecule has 1 aromatic rings. The maximum Gasteiger partial charge on any atom is 0.250 e. The predicted octanol–water partition coefficient (Wildman–Crippen LogP) is 1.35. The average Bonchev–Trinajstić information content (AvgIpc) is 2.80. The van der Waals surface area contributed by atoms with Crippen LogP contribution in [0.2, 0.25) is 0 Å². The van der Waals surface area contributed by atoms with Crippen LogP contribution in [-0.2, 0) is 0 Å². The number of hydrogen-bond donors (Lipinski definition) is 2. The Morgan fingerprint density at radius 1 is 1.59 bits per heavy atom. The van der Waals surface area contributed by atoms with Gasteiger partial charge in [-0.3, -0.25) is 4.79 Å². The van der Waals surface area contributed by atoms with Crippen LogP contribution in [0.4, 0.5) is 5.69 Å². The predicted molar refractivity (Wildman–Crippen MR) is 72.3 cm³/mol. The van der Waals surface area contributed by atoms with E-state index in [9.17, 15) is 4.79 Å². The number of halogens is 1. The fourth-order valence-electron chi connectivity index (χ4n) is 2.17. The number of carbonyl (C=O) groups excluding carboxylic acids is 1. The number of likely N-dealkylation sites (N-methyl/N-ethyl adjacent to an activating group) is 1. The van der Waals surface area contributed by atoms with Gasteiger partial charge in [0, 0.05) is 24.1 Å². The highest BCUT2D eigenvalue weighted by atomic mass is 79.9. The zero-order valence-electron chi connectivity index (χ0n) is 9.74. The van der Waals surface area contributed by atoms with Gasteiger partial charge >= 0.3 is 0 Å². The van der Waals surface area contributed by atoms with Crippen molar-refractivity contribution in [3.8, 4) is 0 Å². The molecule has 0 aliphatic carbocycles. The highest BCUT2D eigenvalue weighted by molar-refractivity contribution is 9.10. The van der Waals surface area contributed by atoms with E-state index in [1.807, 2.05) is 19.2 Å². The zero-order chi connectivity index (χ0) is 12.4. The highest BCUT2D eigenvalue weighted by Gasteiger charge is 2.22. The van der Waals surface area contributed by atoms with Gasteiger partial charge in [0.2, 0.25) is 0 Å².